The smallest absolute Gasteiger partial charge is 0.417 e. The number of carbonyl (C=O) groups excluding carboxylic acids is 1. The predicted octanol–water partition coefficient (Wildman–Crippen LogP) is 4.61. The first-order valence-corrected chi connectivity index (χ1v) is 6.57. The zero-order valence-electron chi connectivity index (χ0n) is 9.81. The number of alkyl halides is 2. The van der Waals surface area contributed by atoms with Gasteiger partial charge in [0.1, 0.15) is 11.5 Å². The van der Waals surface area contributed by atoms with Gasteiger partial charge in [0.25, 0.3) is 0 Å². The number of benzene rings is 1. The van der Waals surface area contributed by atoms with Crippen molar-refractivity contribution in [2.24, 2.45) is 0 Å². The van der Waals surface area contributed by atoms with Gasteiger partial charge in [-0.25, -0.2) is 4.79 Å². The van der Waals surface area contributed by atoms with E-state index in [1.165, 1.54) is 29.5 Å². The topological polar surface area (TPSA) is 47.6 Å². The van der Waals surface area contributed by atoms with E-state index in [4.69, 9.17) is 16.3 Å². The quantitative estimate of drug-likeness (QED) is 0.895. The summed E-state index contributed by atoms with van der Waals surface area (Å²) >= 11 is 7.06. The molecule has 0 radical (unpaired) electrons. The summed E-state index contributed by atoms with van der Waals surface area (Å²) < 4.78 is 33.2. The molecule has 0 fully saturated rings. The van der Waals surface area contributed by atoms with Crippen LogP contribution in [0.3, 0.4) is 0 Å². The number of rotatable bonds is 4. The number of ether oxygens (including phenoxy) is 2. The van der Waals surface area contributed by atoms with Gasteiger partial charge in [-0.3, -0.25) is 5.32 Å². The number of halogens is 3. The molecule has 1 amide bonds. The van der Waals surface area contributed by atoms with Gasteiger partial charge in [0.2, 0.25) is 0 Å². The lowest BCUT2D eigenvalue weighted by molar-refractivity contribution is -0.0498. The number of nitrogens with one attached hydrogen (secondary N) is 1. The largest absolute Gasteiger partial charge is 0.433 e. The Balaban J connectivity index is 1.99. The summed E-state index contributed by atoms with van der Waals surface area (Å²) in [5.41, 5.74) is 0. The second-order valence-electron chi connectivity index (χ2n) is 3.46. The maximum absolute atomic E-state index is 12.0. The highest BCUT2D eigenvalue weighted by Gasteiger charge is 2.11. The van der Waals surface area contributed by atoms with Crippen LogP contribution in [0.1, 0.15) is 0 Å². The van der Waals surface area contributed by atoms with Gasteiger partial charge in [-0.1, -0.05) is 11.6 Å². The van der Waals surface area contributed by atoms with Crippen molar-refractivity contribution in [3.8, 4) is 11.5 Å². The van der Waals surface area contributed by atoms with E-state index >= 15 is 0 Å². The molecule has 0 saturated heterocycles. The molecule has 1 heterocycles. The van der Waals surface area contributed by atoms with Gasteiger partial charge in [0.05, 0.1) is 10.0 Å². The first-order valence-electron chi connectivity index (χ1n) is 5.31. The number of hydrogen-bond donors (Lipinski definition) is 1. The Kier molecular flexibility index (Phi) is 4.75. The molecule has 0 unspecified atom stereocenters. The fraction of sp³-hybridized carbons (Fsp3) is 0.0833. The Morgan fingerprint density at radius 1 is 1.35 bits per heavy atom. The minimum Gasteiger partial charge on any atom is -0.433 e. The van der Waals surface area contributed by atoms with Gasteiger partial charge >= 0.3 is 12.7 Å². The molecule has 0 bridgehead atoms. The van der Waals surface area contributed by atoms with Crippen LogP contribution in [0.4, 0.5) is 18.6 Å². The molecule has 0 aliphatic carbocycles. The molecular weight excluding hydrogens is 312 g/mol. The molecule has 0 aliphatic heterocycles. The summed E-state index contributed by atoms with van der Waals surface area (Å²) in [5, 5.41) is 4.84. The fourth-order valence-electron chi connectivity index (χ4n) is 1.32. The van der Waals surface area contributed by atoms with Crippen LogP contribution in [0, 0.1) is 0 Å². The molecule has 1 aromatic carbocycles. The van der Waals surface area contributed by atoms with E-state index < -0.39 is 12.7 Å². The van der Waals surface area contributed by atoms with Crippen molar-refractivity contribution in [1.82, 2.24) is 0 Å². The molecule has 20 heavy (non-hydrogen) atoms. The highest BCUT2D eigenvalue weighted by Crippen LogP contribution is 2.30. The second kappa shape index (κ2) is 6.53. The standard InChI is InChI=1S/C12H8ClF2NO3S/c13-8-6-7(3-4-9(8)19-11(14)15)18-12(17)16-10-2-1-5-20-10/h1-6,11H,(H,16,17). The van der Waals surface area contributed by atoms with Crippen molar-refractivity contribution in [3.63, 3.8) is 0 Å². The van der Waals surface area contributed by atoms with E-state index in [0.717, 1.165) is 0 Å². The lowest BCUT2D eigenvalue weighted by atomic mass is 10.3. The Morgan fingerprint density at radius 3 is 2.75 bits per heavy atom. The van der Waals surface area contributed by atoms with Crippen LogP contribution < -0.4 is 14.8 Å². The van der Waals surface area contributed by atoms with Gasteiger partial charge in [-0.15, -0.1) is 11.3 Å². The molecule has 4 nitrogen and oxygen atoms in total. The number of thiophene rings is 1. The fourth-order valence-corrected chi connectivity index (χ4v) is 2.14. The zero-order valence-corrected chi connectivity index (χ0v) is 11.4. The molecular formula is C12H8ClF2NO3S. The first kappa shape index (κ1) is 14.5. The van der Waals surface area contributed by atoms with E-state index in [1.54, 1.807) is 17.5 Å². The van der Waals surface area contributed by atoms with Crippen LogP contribution in [0.25, 0.3) is 0 Å². The highest BCUT2D eigenvalue weighted by atomic mass is 35.5. The lowest BCUT2D eigenvalue weighted by Gasteiger charge is -2.09. The van der Waals surface area contributed by atoms with Crippen LogP contribution in [0.15, 0.2) is 35.7 Å². The number of hydrogen-bond acceptors (Lipinski definition) is 4. The van der Waals surface area contributed by atoms with E-state index in [2.05, 4.69) is 10.1 Å². The molecule has 0 spiro atoms. The average Bonchev–Trinajstić information content (AvgIpc) is 2.85. The highest BCUT2D eigenvalue weighted by molar-refractivity contribution is 7.14. The third kappa shape index (κ3) is 4.07. The Hall–Kier alpha value is -1.86. The zero-order chi connectivity index (χ0) is 14.5. The summed E-state index contributed by atoms with van der Waals surface area (Å²) in [6.45, 7) is -2.97. The van der Waals surface area contributed by atoms with E-state index in [0.29, 0.717) is 5.00 Å². The normalized spacial score (nSPS) is 10.4. The minimum atomic E-state index is -2.97. The van der Waals surface area contributed by atoms with Crippen molar-refractivity contribution in [3.05, 3.63) is 40.7 Å². The molecule has 2 aromatic rings. The molecule has 106 valence electrons. The molecule has 8 heteroatoms. The van der Waals surface area contributed by atoms with Crippen molar-refractivity contribution < 1.29 is 23.0 Å². The maximum Gasteiger partial charge on any atom is 0.417 e. The molecule has 1 N–H and O–H groups in total. The van der Waals surface area contributed by atoms with Crippen molar-refractivity contribution in [1.29, 1.82) is 0 Å². The summed E-state index contributed by atoms with van der Waals surface area (Å²) in [6.07, 6.45) is -0.703. The summed E-state index contributed by atoms with van der Waals surface area (Å²) in [6, 6.07) is 7.19. The van der Waals surface area contributed by atoms with Crippen molar-refractivity contribution in [2.45, 2.75) is 6.61 Å². The number of amides is 1. The van der Waals surface area contributed by atoms with Gasteiger partial charge in [0, 0.05) is 6.07 Å². The molecule has 2 rings (SSSR count). The van der Waals surface area contributed by atoms with Gasteiger partial charge in [0.15, 0.2) is 0 Å². The third-order valence-corrected chi connectivity index (χ3v) is 3.16. The van der Waals surface area contributed by atoms with Crippen LogP contribution in [0.2, 0.25) is 5.02 Å². The number of anilines is 1. The monoisotopic (exact) mass is 319 g/mol. The summed E-state index contributed by atoms with van der Waals surface area (Å²) in [7, 11) is 0. The van der Waals surface area contributed by atoms with Gasteiger partial charge in [-0.2, -0.15) is 8.78 Å². The first-order chi connectivity index (χ1) is 9.54. The van der Waals surface area contributed by atoms with Gasteiger partial charge < -0.3 is 9.47 Å². The van der Waals surface area contributed by atoms with Gasteiger partial charge in [-0.05, 0) is 29.6 Å². The summed E-state index contributed by atoms with van der Waals surface area (Å²) in [5.74, 6) is -0.0710. The van der Waals surface area contributed by atoms with E-state index in [9.17, 15) is 13.6 Å². The summed E-state index contributed by atoms with van der Waals surface area (Å²) in [4.78, 5) is 11.5. The molecule has 0 atom stereocenters. The van der Waals surface area contributed by atoms with E-state index in [1.807, 2.05) is 0 Å². The Bertz CT molecular complexity index is 592. The minimum absolute atomic E-state index is 0.0771. The number of carbonyl (C=O) groups is 1. The molecule has 0 aliphatic rings. The van der Waals surface area contributed by atoms with Crippen LogP contribution in [-0.4, -0.2) is 12.7 Å². The van der Waals surface area contributed by atoms with E-state index in [-0.39, 0.29) is 16.5 Å². The van der Waals surface area contributed by atoms with Crippen LogP contribution in [-0.2, 0) is 0 Å². The van der Waals surface area contributed by atoms with Crippen molar-refractivity contribution in [2.75, 3.05) is 5.32 Å². The average molecular weight is 320 g/mol. The van der Waals surface area contributed by atoms with Crippen molar-refractivity contribution >= 4 is 34.0 Å². The molecule has 0 saturated carbocycles. The third-order valence-electron chi connectivity index (χ3n) is 2.08. The molecule has 1 aromatic heterocycles. The van der Waals surface area contributed by atoms with Crippen LogP contribution in [0.5, 0.6) is 11.5 Å². The Morgan fingerprint density at radius 2 is 2.15 bits per heavy atom. The maximum atomic E-state index is 12.0. The van der Waals surface area contributed by atoms with Crippen LogP contribution >= 0.6 is 22.9 Å². The predicted molar refractivity (Wildman–Crippen MR) is 72.0 cm³/mol. The Labute approximate surface area is 121 Å². The lowest BCUT2D eigenvalue weighted by Crippen LogP contribution is -2.15. The SMILES string of the molecule is O=C(Nc1cccs1)Oc1ccc(OC(F)F)c(Cl)c1. The second-order valence-corrected chi connectivity index (χ2v) is 4.82.